The van der Waals surface area contributed by atoms with E-state index in [-0.39, 0.29) is 12.6 Å². The molecular weight excluding hydrogens is 272 g/mol. The minimum Gasteiger partial charge on any atom is -0.384 e. The summed E-state index contributed by atoms with van der Waals surface area (Å²) in [6.07, 6.45) is 4.78. The summed E-state index contributed by atoms with van der Waals surface area (Å²) < 4.78 is 0. The Morgan fingerprint density at radius 2 is 2.25 bits per heavy atom. The van der Waals surface area contributed by atoms with Crippen molar-refractivity contribution in [1.29, 1.82) is 0 Å². The predicted octanol–water partition coefficient (Wildman–Crippen LogP) is 2.84. The Labute approximate surface area is 124 Å². The number of urea groups is 1. The van der Waals surface area contributed by atoms with Gasteiger partial charge >= 0.3 is 6.03 Å². The molecule has 112 valence electrons. The third kappa shape index (κ3) is 3.96. The van der Waals surface area contributed by atoms with Crippen molar-refractivity contribution in [2.45, 2.75) is 45.1 Å². The van der Waals surface area contributed by atoms with Crippen molar-refractivity contribution in [1.82, 2.24) is 10.6 Å². The van der Waals surface area contributed by atoms with Gasteiger partial charge in [-0.05, 0) is 54.0 Å². The van der Waals surface area contributed by atoms with E-state index in [2.05, 4.69) is 17.6 Å². The molecule has 5 heteroatoms. The first kappa shape index (κ1) is 15.3. The van der Waals surface area contributed by atoms with Crippen molar-refractivity contribution in [2.24, 2.45) is 5.41 Å². The highest BCUT2D eigenvalue weighted by Crippen LogP contribution is 2.48. The molecular formula is C15H24N2O2S. The zero-order valence-corrected chi connectivity index (χ0v) is 13.1. The summed E-state index contributed by atoms with van der Waals surface area (Å²) in [4.78, 5) is 11.8. The molecule has 1 heterocycles. The molecule has 1 aromatic heterocycles. The molecule has 2 rings (SSSR count). The average Bonchev–Trinajstić information content (AvgIpc) is 2.94. The summed E-state index contributed by atoms with van der Waals surface area (Å²) in [6.45, 7) is 4.86. The van der Waals surface area contributed by atoms with Crippen molar-refractivity contribution in [3.63, 3.8) is 0 Å². The summed E-state index contributed by atoms with van der Waals surface area (Å²) >= 11 is 1.54. The molecule has 1 aliphatic carbocycles. The lowest BCUT2D eigenvalue weighted by Crippen LogP contribution is -2.44. The maximum absolute atomic E-state index is 11.8. The molecule has 1 atom stereocenters. The molecule has 1 aliphatic rings. The molecule has 20 heavy (non-hydrogen) atoms. The predicted molar refractivity (Wildman–Crippen MR) is 81.9 cm³/mol. The highest BCUT2D eigenvalue weighted by Gasteiger charge is 2.41. The zero-order chi connectivity index (χ0) is 14.6. The number of amides is 2. The van der Waals surface area contributed by atoms with E-state index in [0.717, 1.165) is 18.5 Å². The fraction of sp³-hybridized carbons (Fsp3) is 0.667. The second-order valence-corrected chi connectivity index (χ2v) is 6.85. The molecule has 1 fully saturated rings. The number of rotatable bonds is 7. The molecule has 0 radical (unpaired) electrons. The highest BCUT2D eigenvalue weighted by molar-refractivity contribution is 7.08. The molecule has 0 spiro atoms. The van der Waals surface area contributed by atoms with Crippen molar-refractivity contribution in [3.8, 4) is 0 Å². The molecule has 1 unspecified atom stereocenters. The fourth-order valence-electron chi connectivity index (χ4n) is 2.48. The van der Waals surface area contributed by atoms with Gasteiger partial charge in [-0.3, -0.25) is 0 Å². The smallest absolute Gasteiger partial charge is 0.314 e. The van der Waals surface area contributed by atoms with Crippen molar-refractivity contribution in [3.05, 3.63) is 22.4 Å². The first-order valence-corrected chi connectivity index (χ1v) is 8.18. The highest BCUT2D eigenvalue weighted by atomic mass is 32.1. The van der Waals surface area contributed by atoms with E-state index < -0.39 is 5.60 Å². The second-order valence-electron chi connectivity index (χ2n) is 6.07. The van der Waals surface area contributed by atoms with Crippen LogP contribution >= 0.6 is 11.3 Å². The number of hydrogen-bond donors (Lipinski definition) is 3. The lowest BCUT2D eigenvalue weighted by molar-refractivity contribution is 0.0598. The van der Waals surface area contributed by atoms with Crippen LogP contribution in [0.2, 0.25) is 0 Å². The van der Waals surface area contributed by atoms with Gasteiger partial charge in [0, 0.05) is 6.54 Å². The molecule has 4 nitrogen and oxygen atoms in total. The van der Waals surface area contributed by atoms with E-state index in [1.165, 1.54) is 30.6 Å². The average molecular weight is 296 g/mol. The fourth-order valence-corrected chi connectivity index (χ4v) is 3.26. The van der Waals surface area contributed by atoms with Crippen molar-refractivity contribution < 1.29 is 9.90 Å². The van der Waals surface area contributed by atoms with Gasteiger partial charge in [0.15, 0.2) is 0 Å². The largest absolute Gasteiger partial charge is 0.384 e. The van der Waals surface area contributed by atoms with Gasteiger partial charge in [0.2, 0.25) is 0 Å². The lowest BCUT2D eigenvalue weighted by Gasteiger charge is -2.23. The number of hydrogen-bond acceptors (Lipinski definition) is 3. The standard InChI is InChI=1S/C15H24N2O2S/c1-3-5-15(6-7-15)11-17-13(18)16-10-14(2,19)12-4-8-20-9-12/h4,8-9,19H,3,5-7,10-11H2,1-2H3,(H2,16,17,18). The topological polar surface area (TPSA) is 61.4 Å². The molecule has 0 bridgehead atoms. The molecule has 3 N–H and O–H groups in total. The van der Waals surface area contributed by atoms with E-state index in [9.17, 15) is 9.90 Å². The summed E-state index contributed by atoms with van der Waals surface area (Å²) in [6, 6.07) is 1.69. The van der Waals surface area contributed by atoms with Gasteiger partial charge in [0.05, 0.1) is 6.54 Å². The van der Waals surface area contributed by atoms with Crippen LogP contribution in [-0.4, -0.2) is 24.2 Å². The lowest BCUT2D eigenvalue weighted by atomic mass is 9.99. The van der Waals surface area contributed by atoms with Gasteiger partial charge in [0.1, 0.15) is 5.60 Å². The molecule has 0 aliphatic heterocycles. The first-order valence-electron chi connectivity index (χ1n) is 7.24. The van der Waals surface area contributed by atoms with Crippen LogP contribution < -0.4 is 10.6 Å². The van der Waals surface area contributed by atoms with Crippen LogP contribution in [0.4, 0.5) is 4.79 Å². The molecule has 0 saturated heterocycles. The van der Waals surface area contributed by atoms with E-state index in [1.54, 1.807) is 6.92 Å². The Balaban J connectivity index is 1.73. The first-order chi connectivity index (χ1) is 9.47. The van der Waals surface area contributed by atoms with Gasteiger partial charge < -0.3 is 15.7 Å². The Kier molecular flexibility index (Phi) is 4.70. The maximum Gasteiger partial charge on any atom is 0.314 e. The Morgan fingerprint density at radius 1 is 1.50 bits per heavy atom. The van der Waals surface area contributed by atoms with Gasteiger partial charge in [0.25, 0.3) is 0 Å². The summed E-state index contributed by atoms with van der Waals surface area (Å²) in [7, 11) is 0. The summed E-state index contributed by atoms with van der Waals surface area (Å²) in [5.74, 6) is 0. The van der Waals surface area contributed by atoms with Crippen LogP contribution in [0.25, 0.3) is 0 Å². The Hall–Kier alpha value is -1.07. The molecule has 1 saturated carbocycles. The zero-order valence-electron chi connectivity index (χ0n) is 12.2. The third-order valence-corrected chi connectivity index (χ3v) is 4.78. The van der Waals surface area contributed by atoms with Crippen LogP contribution in [0.1, 0.15) is 45.1 Å². The number of thiophene rings is 1. The van der Waals surface area contributed by atoms with Gasteiger partial charge in [-0.2, -0.15) is 11.3 Å². The normalized spacial score (nSPS) is 19.1. The monoisotopic (exact) mass is 296 g/mol. The molecule has 0 aromatic carbocycles. The third-order valence-electron chi connectivity index (χ3n) is 4.10. The Bertz CT molecular complexity index is 439. The van der Waals surface area contributed by atoms with Crippen molar-refractivity contribution in [2.75, 3.05) is 13.1 Å². The maximum atomic E-state index is 11.8. The Morgan fingerprint density at radius 3 is 2.80 bits per heavy atom. The quantitative estimate of drug-likeness (QED) is 0.724. The van der Waals surface area contributed by atoms with Gasteiger partial charge in [-0.1, -0.05) is 13.3 Å². The summed E-state index contributed by atoms with van der Waals surface area (Å²) in [5, 5.41) is 19.8. The number of carbonyl (C=O) groups is 1. The van der Waals surface area contributed by atoms with Gasteiger partial charge in [-0.15, -0.1) is 0 Å². The molecule has 1 aromatic rings. The van der Waals surface area contributed by atoms with Crippen LogP contribution in [0.3, 0.4) is 0 Å². The van der Waals surface area contributed by atoms with Crippen LogP contribution in [-0.2, 0) is 5.60 Å². The van der Waals surface area contributed by atoms with E-state index in [0.29, 0.717) is 5.41 Å². The van der Waals surface area contributed by atoms with E-state index in [4.69, 9.17) is 0 Å². The second kappa shape index (κ2) is 6.14. The van der Waals surface area contributed by atoms with E-state index in [1.807, 2.05) is 16.8 Å². The van der Waals surface area contributed by atoms with Crippen LogP contribution in [0, 0.1) is 5.41 Å². The number of carbonyl (C=O) groups excluding carboxylic acids is 1. The van der Waals surface area contributed by atoms with E-state index >= 15 is 0 Å². The molecule has 2 amide bonds. The summed E-state index contributed by atoms with van der Waals surface area (Å²) in [5.41, 5.74) is 0.174. The van der Waals surface area contributed by atoms with Crippen LogP contribution in [0.5, 0.6) is 0 Å². The van der Waals surface area contributed by atoms with Gasteiger partial charge in [-0.25, -0.2) is 4.79 Å². The van der Waals surface area contributed by atoms with Crippen LogP contribution in [0.15, 0.2) is 16.8 Å². The number of nitrogens with one attached hydrogen (secondary N) is 2. The van der Waals surface area contributed by atoms with Crippen molar-refractivity contribution >= 4 is 17.4 Å². The number of aliphatic hydroxyl groups is 1. The minimum absolute atomic E-state index is 0.192. The SMILES string of the molecule is CCCC1(CNC(=O)NCC(C)(O)c2ccsc2)CC1. The minimum atomic E-state index is -1.02.